The van der Waals surface area contributed by atoms with Gasteiger partial charge in [-0.05, 0) is 18.9 Å². The van der Waals surface area contributed by atoms with Crippen molar-refractivity contribution in [2.75, 3.05) is 6.54 Å². The van der Waals surface area contributed by atoms with Crippen molar-refractivity contribution in [1.29, 1.82) is 0 Å². The molecule has 0 radical (unpaired) electrons. The van der Waals surface area contributed by atoms with Crippen molar-refractivity contribution in [2.24, 2.45) is 18.2 Å². The Labute approximate surface area is 83.7 Å². The lowest BCUT2D eigenvalue weighted by Crippen LogP contribution is -2.43. The number of rotatable bonds is 3. The van der Waals surface area contributed by atoms with E-state index < -0.39 is 6.10 Å². The van der Waals surface area contributed by atoms with Gasteiger partial charge in [0.1, 0.15) is 6.10 Å². The maximum Gasteiger partial charge on any atom is 0.102 e. The van der Waals surface area contributed by atoms with E-state index in [4.69, 9.17) is 5.73 Å². The lowest BCUT2D eigenvalue weighted by molar-refractivity contribution is -0.0342. The molecule has 1 aromatic heterocycles. The Hall–Kier alpha value is -0.870. The van der Waals surface area contributed by atoms with Gasteiger partial charge in [0, 0.05) is 25.2 Å². The first-order chi connectivity index (χ1) is 6.69. The molecule has 3 N–H and O–H groups in total. The molecular weight excluding hydrogens is 178 g/mol. The minimum absolute atomic E-state index is 0.0895. The van der Waals surface area contributed by atoms with Crippen LogP contribution in [0.2, 0.25) is 0 Å². The molecule has 14 heavy (non-hydrogen) atoms. The molecule has 0 aromatic carbocycles. The summed E-state index contributed by atoms with van der Waals surface area (Å²) in [7, 11) is 1.85. The van der Waals surface area contributed by atoms with Crippen LogP contribution in [0.5, 0.6) is 0 Å². The summed E-state index contributed by atoms with van der Waals surface area (Å²) in [6.45, 7) is 0.555. The van der Waals surface area contributed by atoms with Crippen LogP contribution in [-0.4, -0.2) is 21.4 Å². The molecule has 4 heteroatoms. The molecule has 0 amide bonds. The van der Waals surface area contributed by atoms with Crippen molar-refractivity contribution < 1.29 is 5.11 Å². The van der Waals surface area contributed by atoms with Crippen molar-refractivity contribution in [3.05, 3.63) is 18.0 Å². The monoisotopic (exact) mass is 195 g/mol. The molecule has 1 heterocycles. The first kappa shape index (κ1) is 9.68. The summed E-state index contributed by atoms with van der Waals surface area (Å²) in [6, 6.07) is 1.86. The van der Waals surface area contributed by atoms with Gasteiger partial charge >= 0.3 is 0 Å². The third kappa shape index (κ3) is 1.26. The number of aryl methyl sites for hydroxylation is 1. The third-order valence-corrected chi connectivity index (χ3v) is 3.47. The van der Waals surface area contributed by atoms with Gasteiger partial charge in [0.25, 0.3) is 0 Å². The standard InChI is InChI=1S/C10H17N3O/c1-13-8(3-6-12-13)9(14)10(7-11)4-2-5-10/h3,6,9,14H,2,4-5,7,11H2,1H3/t9-/m0/s1. The van der Waals surface area contributed by atoms with Crippen LogP contribution in [0.25, 0.3) is 0 Å². The quantitative estimate of drug-likeness (QED) is 0.741. The molecule has 0 spiro atoms. The maximum absolute atomic E-state index is 10.2. The van der Waals surface area contributed by atoms with Crippen molar-refractivity contribution in [2.45, 2.75) is 25.4 Å². The van der Waals surface area contributed by atoms with E-state index in [2.05, 4.69) is 5.10 Å². The third-order valence-electron chi connectivity index (χ3n) is 3.47. The highest BCUT2D eigenvalue weighted by Crippen LogP contribution is 2.49. The fourth-order valence-electron chi connectivity index (χ4n) is 2.19. The summed E-state index contributed by atoms with van der Waals surface area (Å²) in [6.07, 6.45) is 4.47. The second-order valence-corrected chi connectivity index (χ2v) is 4.20. The summed E-state index contributed by atoms with van der Waals surface area (Å²) in [4.78, 5) is 0. The lowest BCUT2D eigenvalue weighted by atomic mass is 9.64. The summed E-state index contributed by atoms with van der Waals surface area (Å²) in [5.41, 5.74) is 6.52. The van der Waals surface area contributed by atoms with Gasteiger partial charge in [0.05, 0.1) is 5.69 Å². The number of aromatic nitrogens is 2. The van der Waals surface area contributed by atoms with E-state index in [-0.39, 0.29) is 5.41 Å². The summed E-state index contributed by atoms with van der Waals surface area (Å²) in [5.74, 6) is 0. The van der Waals surface area contributed by atoms with Gasteiger partial charge in [-0.15, -0.1) is 0 Å². The normalized spacial score (nSPS) is 21.6. The summed E-state index contributed by atoms with van der Waals surface area (Å²) < 4.78 is 1.72. The molecule has 1 atom stereocenters. The molecule has 0 saturated heterocycles. The van der Waals surface area contributed by atoms with Gasteiger partial charge in [-0.2, -0.15) is 5.10 Å². The largest absolute Gasteiger partial charge is 0.386 e. The molecule has 4 nitrogen and oxygen atoms in total. The number of aliphatic hydroxyl groups excluding tert-OH is 1. The zero-order chi connectivity index (χ0) is 10.2. The van der Waals surface area contributed by atoms with Crippen LogP contribution in [0.1, 0.15) is 31.1 Å². The van der Waals surface area contributed by atoms with Gasteiger partial charge in [-0.1, -0.05) is 6.42 Å². The Morgan fingerprint density at radius 3 is 2.79 bits per heavy atom. The lowest BCUT2D eigenvalue weighted by Gasteiger charge is -2.44. The Kier molecular flexibility index (Phi) is 2.33. The molecule has 1 aliphatic carbocycles. The minimum Gasteiger partial charge on any atom is -0.386 e. The predicted molar refractivity (Wildman–Crippen MR) is 53.5 cm³/mol. The SMILES string of the molecule is Cn1nccc1[C@H](O)C1(CN)CCC1. The van der Waals surface area contributed by atoms with Crippen molar-refractivity contribution in [3.8, 4) is 0 Å². The van der Waals surface area contributed by atoms with Crippen LogP contribution in [0.3, 0.4) is 0 Å². The van der Waals surface area contributed by atoms with Crippen LogP contribution in [0.15, 0.2) is 12.3 Å². The highest BCUT2D eigenvalue weighted by atomic mass is 16.3. The second-order valence-electron chi connectivity index (χ2n) is 4.20. The van der Waals surface area contributed by atoms with Crippen LogP contribution in [-0.2, 0) is 7.05 Å². The fraction of sp³-hybridized carbons (Fsp3) is 0.700. The first-order valence-electron chi connectivity index (χ1n) is 5.06. The average Bonchev–Trinajstić information content (AvgIpc) is 2.50. The van der Waals surface area contributed by atoms with Crippen molar-refractivity contribution >= 4 is 0 Å². The van der Waals surface area contributed by atoms with Crippen molar-refractivity contribution in [3.63, 3.8) is 0 Å². The summed E-state index contributed by atoms with van der Waals surface area (Å²) >= 11 is 0. The molecule has 1 aliphatic rings. The molecule has 78 valence electrons. The van der Waals surface area contributed by atoms with Gasteiger partial charge in [-0.25, -0.2) is 0 Å². The van der Waals surface area contributed by atoms with E-state index in [1.54, 1.807) is 10.9 Å². The molecule has 1 aromatic rings. The first-order valence-corrected chi connectivity index (χ1v) is 5.06. The smallest absolute Gasteiger partial charge is 0.102 e. The van der Waals surface area contributed by atoms with E-state index in [1.165, 1.54) is 6.42 Å². The number of aliphatic hydroxyl groups is 1. The molecule has 1 fully saturated rings. The van der Waals surface area contributed by atoms with Crippen LogP contribution < -0.4 is 5.73 Å². The Morgan fingerprint density at radius 2 is 2.43 bits per heavy atom. The highest BCUT2D eigenvalue weighted by molar-refractivity contribution is 5.11. The van der Waals surface area contributed by atoms with E-state index in [9.17, 15) is 5.11 Å². The fourth-order valence-corrected chi connectivity index (χ4v) is 2.19. The summed E-state index contributed by atoms with van der Waals surface area (Å²) in [5, 5.41) is 14.3. The van der Waals surface area contributed by atoms with Crippen molar-refractivity contribution in [1.82, 2.24) is 9.78 Å². The van der Waals surface area contributed by atoms with Crippen LogP contribution in [0.4, 0.5) is 0 Å². The van der Waals surface area contributed by atoms with E-state index in [0.717, 1.165) is 18.5 Å². The average molecular weight is 195 g/mol. The van der Waals surface area contributed by atoms with E-state index >= 15 is 0 Å². The number of hydrogen-bond donors (Lipinski definition) is 2. The molecule has 2 rings (SSSR count). The molecule has 0 bridgehead atoms. The van der Waals surface area contributed by atoms with E-state index in [0.29, 0.717) is 6.54 Å². The zero-order valence-corrected chi connectivity index (χ0v) is 8.48. The number of hydrogen-bond acceptors (Lipinski definition) is 3. The number of nitrogens with two attached hydrogens (primary N) is 1. The Bertz CT molecular complexity index is 311. The molecule has 0 aliphatic heterocycles. The topological polar surface area (TPSA) is 64.1 Å². The molecule has 0 unspecified atom stereocenters. The van der Waals surface area contributed by atoms with Crippen LogP contribution in [0, 0.1) is 5.41 Å². The van der Waals surface area contributed by atoms with Gasteiger partial charge in [0.15, 0.2) is 0 Å². The van der Waals surface area contributed by atoms with Gasteiger partial charge < -0.3 is 10.8 Å². The van der Waals surface area contributed by atoms with Gasteiger partial charge in [0.2, 0.25) is 0 Å². The second kappa shape index (κ2) is 3.37. The maximum atomic E-state index is 10.2. The van der Waals surface area contributed by atoms with Crippen LogP contribution >= 0.6 is 0 Å². The highest BCUT2D eigenvalue weighted by Gasteiger charge is 2.43. The Balaban J connectivity index is 2.22. The van der Waals surface area contributed by atoms with E-state index in [1.807, 2.05) is 13.1 Å². The number of nitrogens with zero attached hydrogens (tertiary/aromatic N) is 2. The zero-order valence-electron chi connectivity index (χ0n) is 8.48. The predicted octanol–water partition coefficient (Wildman–Crippen LogP) is 0.582. The minimum atomic E-state index is -0.464. The molecule has 1 saturated carbocycles. The molecular formula is C10H17N3O. The Morgan fingerprint density at radius 1 is 1.71 bits per heavy atom. The van der Waals surface area contributed by atoms with Gasteiger partial charge in [-0.3, -0.25) is 4.68 Å².